The average Bonchev–Trinajstić information content (AvgIpc) is 2.54. The van der Waals surface area contributed by atoms with Crippen LogP contribution in [-0.4, -0.2) is 9.78 Å². The van der Waals surface area contributed by atoms with Crippen LogP contribution in [0.4, 0.5) is 11.5 Å². The predicted octanol–water partition coefficient (Wildman–Crippen LogP) is 2.38. The summed E-state index contributed by atoms with van der Waals surface area (Å²) in [6.07, 6.45) is 1.78. The Kier molecular flexibility index (Phi) is 3.14. The van der Waals surface area contributed by atoms with E-state index in [0.29, 0.717) is 12.2 Å². The van der Waals surface area contributed by atoms with Crippen LogP contribution in [0.2, 0.25) is 0 Å². The molecule has 0 saturated heterocycles. The molecule has 0 spiro atoms. The van der Waals surface area contributed by atoms with Crippen LogP contribution in [0.1, 0.15) is 5.56 Å². The topological polar surface area (TPSA) is 55.9 Å². The number of halogens is 1. The van der Waals surface area contributed by atoms with Gasteiger partial charge in [0.25, 0.3) is 0 Å². The van der Waals surface area contributed by atoms with Crippen LogP contribution in [0.3, 0.4) is 0 Å². The molecule has 3 N–H and O–H groups in total. The summed E-state index contributed by atoms with van der Waals surface area (Å²) in [7, 11) is 1.85. The van der Waals surface area contributed by atoms with Crippen molar-refractivity contribution in [2.45, 2.75) is 6.54 Å². The summed E-state index contributed by atoms with van der Waals surface area (Å²) >= 11 is 3.43. The van der Waals surface area contributed by atoms with Gasteiger partial charge in [-0.05, 0) is 17.7 Å². The van der Waals surface area contributed by atoms with Crippen molar-refractivity contribution in [1.29, 1.82) is 0 Å². The number of nitrogen functional groups attached to an aromatic ring is 1. The first-order valence-corrected chi connectivity index (χ1v) is 5.72. The Bertz CT molecular complexity index is 492. The molecular weight excluding hydrogens is 268 g/mol. The highest BCUT2D eigenvalue weighted by molar-refractivity contribution is 9.10. The highest BCUT2D eigenvalue weighted by atomic mass is 79.9. The third-order valence-electron chi connectivity index (χ3n) is 2.21. The number of rotatable bonds is 3. The van der Waals surface area contributed by atoms with Crippen molar-refractivity contribution in [3.05, 3.63) is 40.5 Å². The van der Waals surface area contributed by atoms with Crippen LogP contribution in [0.25, 0.3) is 0 Å². The van der Waals surface area contributed by atoms with Gasteiger partial charge in [0, 0.05) is 24.3 Å². The number of nitrogens with zero attached hydrogens (tertiary/aromatic N) is 2. The van der Waals surface area contributed by atoms with E-state index in [2.05, 4.69) is 38.5 Å². The van der Waals surface area contributed by atoms with E-state index in [1.54, 1.807) is 10.9 Å². The molecule has 0 saturated carbocycles. The maximum Gasteiger partial charge on any atom is 0.171 e. The molecule has 0 amide bonds. The highest BCUT2D eigenvalue weighted by Crippen LogP contribution is 2.17. The van der Waals surface area contributed by atoms with E-state index in [1.807, 2.05) is 19.2 Å². The molecule has 1 aromatic carbocycles. The molecule has 2 rings (SSSR count). The molecule has 16 heavy (non-hydrogen) atoms. The first-order chi connectivity index (χ1) is 7.65. The molecule has 5 heteroatoms. The van der Waals surface area contributed by atoms with Crippen molar-refractivity contribution in [3.8, 4) is 0 Å². The van der Waals surface area contributed by atoms with Crippen molar-refractivity contribution in [1.82, 2.24) is 9.78 Å². The molecular formula is C11H13BrN4. The van der Waals surface area contributed by atoms with Crippen molar-refractivity contribution in [2.24, 2.45) is 7.05 Å². The van der Waals surface area contributed by atoms with E-state index in [-0.39, 0.29) is 0 Å². The van der Waals surface area contributed by atoms with Gasteiger partial charge < -0.3 is 11.1 Å². The van der Waals surface area contributed by atoms with E-state index in [1.165, 1.54) is 5.56 Å². The van der Waals surface area contributed by atoms with E-state index < -0.39 is 0 Å². The molecule has 0 bridgehead atoms. The minimum absolute atomic E-state index is 0.664. The second-order valence-corrected chi connectivity index (χ2v) is 4.51. The van der Waals surface area contributed by atoms with E-state index in [4.69, 9.17) is 5.73 Å². The van der Waals surface area contributed by atoms with E-state index in [0.717, 1.165) is 10.3 Å². The van der Waals surface area contributed by atoms with Crippen LogP contribution < -0.4 is 11.1 Å². The second kappa shape index (κ2) is 4.57. The maximum atomic E-state index is 5.78. The second-order valence-electron chi connectivity index (χ2n) is 3.59. The average molecular weight is 281 g/mol. The fraction of sp³-hybridized carbons (Fsp3) is 0.182. The zero-order valence-corrected chi connectivity index (χ0v) is 10.5. The van der Waals surface area contributed by atoms with E-state index in [9.17, 15) is 0 Å². The zero-order valence-electron chi connectivity index (χ0n) is 8.94. The molecule has 0 unspecified atom stereocenters. The number of nitrogens with two attached hydrogens (primary N) is 1. The van der Waals surface area contributed by atoms with Gasteiger partial charge in [0.2, 0.25) is 0 Å². The lowest BCUT2D eigenvalue weighted by Crippen LogP contribution is -2.02. The Morgan fingerprint density at radius 1 is 1.50 bits per heavy atom. The molecule has 1 aromatic heterocycles. The predicted molar refractivity (Wildman–Crippen MR) is 69.1 cm³/mol. The van der Waals surface area contributed by atoms with Gasteiger partial charge in [-0.25, -0.2) is 0 Å². The van der Waals surface area contributed by atoms with Gasteiger partial charge >= 0.3 is 0 Å². The fourth-order valence-electron chi connectivity index (χ4n) is 1.48. The van der Waals surface area contributed by atoms with Gasteiger partial charge in [0.05, 0.1) is 5.69 Å². The van der Waals surface area contributed by atoms with Crippen molar-refractivity contribution < 1.29 is 0 Å². The number of benzene rings is 1. The van der Waals surface area contributed by atoms with Gasteiger partial charge in [-0.3, -0.25) is 4.68 Å². The summed E-state index contributed by atoms with van der Waals surface area (Å²) in [6, 6.07) is 8.12. The first-order valence-electron chi connectivity index (χ1n) is 4.92. The van der Waals surface area contributed by atoms with Gasteiger partial charge in [0.1, 0.15) is 0 Å². The Morgan fingerprint density at radius 2 is 2.31 bits per heavy atom. The van der Waals surface area contributed by atoms with Crippen LogP contribution in [0, 0.1) is 0 Å². The van der Waals surface area contributed by atoms with Crippen molar-refractivity contribution in [2.75, 3.05) is 11.1 Å². The lowest BCUT2D eigenvalue weighted by molar-refractivity contribution is 0.768. The Morgan fingerprint density at radius 3 is 2.94 bits per heavy atom. The summed E-state index contributed by atoms with van der Waals surface area (Å²) in [5, 5.41) is 7.42. The number of hydrogen-bond acceptors (Lipinski definition) is 3. The molecule has 0 aliphatic heterocycles. The molecule has 0 fully saturated rings. The Labute approximate surface area is 103 Å². The first kappa shape index (κ1) is 11.0. The lowest BCUT2D eigenvalue weighted by atomic mass is 10.2. The standard InChI is InChI=1S/C11H13BrN4/c1-16-7-10(13)11(15-16)14-6-8-3-2-4-9(12)5-8/h2-5,7H,6,13H2,1H3,(H,14,15). The minimum Gasteiger partial charge on any atom is -0.394 e. The van der Waals surface area contributed by atoms with Crippen molar-refractivity contribution in [3.63, 3.8) is 0 Å². The van der Waals surface area contributed by atoms with Gasteiger partial charge in [-0.15, -0.1) is 0 Å². The van der Waals surface area contributed by atoms with Crippen LogP contribution in [0.5, 0.6) is 0 Å². The van der Waals surface area contributed by atoms with Gasteiger partial charge in [0.15, 0.2) is 5.82 Å². The van der Waals surface area contributed by atoms with Crippen LogP contribution in [-0.2, 0) is 13.6 Å². The molecule has 0 aliphatic carbocycles. The van der Waals surface area contributed by atoms with Crippen molar-refractivity contribution >= 4 is 27.4 Å². The summed E-state index contributed by atoms with van der Waals surface area (Å²) in [6.45, 7) is 0.709. The maximum absolute atomic E-state index is 5.78. The molecule has 84 valence electrons. The normalized spacial score (nSPS) is 10.4. The molecule has 0 aliphatic rings. The largest absolute Gasteiger partial charge is 0.394 e. The fourth-order valence-corrected chi connectivity index (χ4v) is 1.92. The minimum atomic E-state index is 0.664. The van der Waals surface area contributed by atoms with Crippen LogP contribution >= 0.6 is 15.9 Å². The van der Waals surface area contributed by atoms with E-state index >= 15 is 0 Å². The number of anilines is 2. The number of aromatic nitrogens is 2. The SMILES string of the molecule is Cn1cc(N)c(NCc2cccc(Br)c2)n1. The molecule has 1 heterocycles. The van der Waals surface area contributed by atoms with Crippen LogP contribution in [0.15, 0.2) is 34.9 Å². The van der Waals surface area contributed by atoms with Gasteiger partial charge in [-0.2, -0.15) is 5.10 Å². The molecule has 4 nitrogen and oxygen atoms in total. The monoisotopic (exact) mass is 280 g/mol. The highest BCUT2D eigenvalue weighted by Gasteiger charge is 2.03. The number of aryl methyl sites for hydroxylation is 1. The summed E-state index contributed by atoms with van der Waals surface area (Å²) in [5.41, 5.74) is 7.62. The lowest BCUT2D eigenvalue weighted by Gasteiger charge is -2.04. The third-order valence-corrected chi connectivity index (χ3v) is 2.70. The summed E-state index contributed by atoms with van der Waals surface area (Å²) < 4.78 is 2.76. The zero-order chi connectivity index (χ0) is 11.5. The Hall–Kier alpha value is -1.49. The number of hydrogen-bond donors (Lipinski definition) is 2. The molecule has 0 radical (unpaired) electrons. The van der Waals surface area contributed by atoms with Gasteiger partial charge in [-0.1, -0.05) is 28.1 Å². The summed E-state index contributed by atoms with van der Waals surface area (Å²) in [5.74, 6) is 0.725. The quantitative estimate of drug-likeness (QED) is 0.908. The Balaban J connectivity index is 2.05. The summed E-state index contributed by atoms with van der Waals surface area (Å²) in [4.78, 5) is 0. The third kappa shape index (κ3) is 2.55. The molecule has 2 aromatic rings. The smallest absolute Gasteiger partial charge is 0.171 e. The number of nitrogens with one attached hydrogen (secondary N) is 1. The molecule has 0 atom stereocenters.